The molecule has 5 nitrogen and oxygen atoms in total. The number of aliphatic hydroxyl groups is 1. The summed E-state index contributed by atoms with van der Waals surface area (Å²) in [5.74, 6) is 1.13. The lowest BCUT2D eigenvalue weighted by Crippen LogP contribution is -2.30. The third kappa shape index (κ3) is 3.37. The predicted molar refractivity (Wildman–Crippen MR) is 104 cm³/mol. The first-order chi connectivity index (χ1) is 12.3. The van der Waals surface area contributed by atoms with Crippen molar-refractivity contribution in [1.29, 1.82) is 0 Å². The highest BCUT2D eigenvalue weighted by Crippen LogP contribution is 2.45. The second-order valence-corrected chi connectivity index (χ2v) is 9.68. The van der Waals surface area contributed by atoms with Crippen LogP contribution in [-0.4, -0.2) is 45.1 Å². The summed E-state index contributed by atoms with van der Waals surface area (Å²) in [6.45, 7) is 7.54. The smallest absolute Gasteiger partial charge is 0.273 e. The second kappa shape index (κ2) is 6.57. The Morgan fingerprint density at radius 1 is 1.27 bits per heavy atom. The molecule has 0 spiro atoms. The van der Waals surface area contributed by atoms with E-state index in [1.54, 1.807) is 16.2 Å². The zero-order valence-corrected chi connectivity index (χ0v) is 16.6. The van der Waals surface area contributed by atoms with Gasteiger partial charge in [0.25, 0.3) is 5.91 Å². The van der Waals surface area contributed by atoms with Crippen molar-refractivity contribution in [2.75, 3.05) is 13.1 Å². The molecule has 1 aliphatic heterocycles. The molecule has 1 saturated carbocycles. The van der Waals surface area contributed by atoms with Crippen LogP contribution < -0.4 is 0 Å². The van der Waals surface area contributed by atoms with Gasteiger partial charge in [-0.1, -0.05) is 13.8 Å². The zero-order chi connectivity index (χ0) is 18.5. The minimum Gasteiger partial charge on any atom is -0.391 e. The van der Waals surface area contributed by atoms with Crippen LogP contribution >= 0.6 is 11.3 Å². The normalized spacial score (nSPS) is 23.7. The van der Waals surface area contributed by atoms with Gasteiger partial charge in [0.15, 0.2) is 0 Å². The quantitative estimate of drug-likeness (QED) is 0.867. The Kier molecular flexibility index (Phi) is 4.51. The summed E-state index contributed by atoms with van der Waals surface area (Å²) >= 11 is 1.72. The van der Waals surface area contributed by atoms with Crippen molar-refractivity contribution in [2.24, 2.45) is 5.41 Å². The number of aliphatic hydroxyl groups excluding tert-OH is 1. The molecule has 6 heteroatoms. The number of hydrogen-bond acceptors (Lipinski definition) is 5. The minimum absolute atomic E-state index is 0.0776. The van der Waals surface area contributed by atoms with Gasteiger partial charge in [-0.25, -0.2) is 9.97 Å². The van der Waals surface area contributed by atoms with E-state index in [1.165, 1.54) is 30.6 Å². The number of nitrogens with zero attached hydrogens (tertiary/aromatic N) is 3. The van der Waals surface area contributed by atoms with Crippen LogP contribution in [0.15, 0.2) is 6.07 Å². The molecule has 0 aromatic carbocycles. The number of thiophene rings is 1. The van der Waals surface area contributed by atoms with Gasteiger partial charge >= 0.3 is 0 Å². The summed E-state index contributed by atoms with van der Waals surface area (Å²) in [4.78, 5) is 26.0. The number of carbonyl (C=O) groups is 1. The SMILES string of the molecule is Cc1nc(C(=O)N2CC[C@H](O)C2)c2cc(C3CCC(C)(C)CC3)sc2n1. The zero-order valence-electron chi connectivity index (χ0n) is 15.8. The maximum atomic E-state index is 13.0. The molecule has 140 valence electrons. The van der Waals surface area contributed by atoms with Crippen molar-refractivity contribution < 1.29 is 9.90 Å². The number of fused-ring (bicyclic) bond motifs is 1. The molecule has 1 amide bonds. The summed E-state index contributed by atoms with van der Waals surface area (Å²) in [6, 6.07) is 2.15. The third-order valence-electron chi connectivity index (χ3n) is 5.92. The van der Waals surface area contributed by atoms with Crippen molar-refractivity contribution in [3.8, 4) is 0 Å². The number of β-amino-alcohol motifs (C(OH)–C–C–N with tert-alkyl or cyclic N) is 1. The van der Waals surface area contributed by atoms with E-state index in [0.29, 0.717) is 42.4 Å². The van der Waals surface area contributed by atoms with E-state index in [-0.39, 0.29) is 5.91 Å². The van der Waals surface area contributed by atoms with Gasteiger partial charge in [0.2, 0.25) is 0 Å². The third-order valence-corrected chi connectivity index (χ3v) is 7.11. The van der Waals surface area contributed by atoms with Gasteiger partial charge in [-0.2, -0.15) is 0 Å². The lowest BCUT2D eigenvalue weighted by atomic mass is 9.73. The number of aromatic nitrogens is 2. The van der Waals surface area contributed by atoms with Gasteiger partial charge in [0, 0.05) is 23.4 Å². The Morgan fingerprint density at radius 2 is 2.00 bits per heavy atom. The van der Waals surface area contributed by atoms with Crippen LogP contribution in [0.2, 0.25) is 0 Å². The molecule has 1 N–H and O–H groups in total. The summed E-state index contributed by atoms with van der Waals surface area (Å²) in [7, 11) is 0. The Hall–Kier alpha value is -1.53. The fraction of sp³-hybridized carbons (Fsp3) is 0.650. The van der Waals surface area contributed by atoms with E-state index in [4.69, 9.17) is 0 Å². The summed E-state index contributed by atoms with van der Waals surface area (Å²) in [5.41, 5.74) is 0.946. The Morgan fingerprint density at radius 3 is 2.65 bits per heavy atom. The molecule has 2 fully saturated rings. The highest BCUT2D eigenvalue weighted by molar-refractivity contribution is 7.18. The topological polar surface area (TPSA) is 66.3 Å². The van der Waals surface area contributed by atoms with Crippen molar-refractivity contribution in [3.05, 3.63) is 22.5 Å². The number of carbonyl (C=O) groups excluding carboxylic acids is 1. The monoisotopic (exact) mass is 373 g/mol. The van der Waals surface area contributed by atoms with Crippen LogP contribution in [0.1, 0.15) is 73.1 Å². The summed E-state index contributed by atoms with van der Waals surface area (Å²) < 4.78 is 0. The van der Waals surface area contributed by atoms with Gasteiger partial charge in [-0.05, 0) is 56.4 Å². The lowest BCUT2D eigenvalue weighted by molar-refractivity contribution is 0.0761. The molecule has 4 rings (SSSR count). The van der Waals surface area contributed by atoms with Crippen LogP contribution in [0.4, 0.5) is 0 Å². The molecule has 1 saturated heterocycles. The first kappa shape index (κ1) is 17.9. The van der Waals surface area contributed by atoms with Crippen LogP contribution in [0, 0.1) is 12.3 Å². The first-order valence-corrected chi connectivity index (χ1v) is 10.4. The molecule has 1 atom stereocenters. The minimum atomic E-state index is -0.416. The Labute approximate surface area is 158 Å². The van der Waals surface area contributed by atoms with E-state index in [0.717, 1.165) is 10.2 Å². The van der Waals surface area contributed by atoms with E-state index in [9.17, 15) is 9.90 Å². The van der Waals surface area contributed by atoms with Gasteiger partial charge in [-0.15, -0.1) is 11.3 Å². The lowest BCUT2D eigenvalue weighted by Gasteiger charge is -2.33. The number of rotatable bonds is 2. The number of likely N-dealkylation sites (tertiary alicyclic amines) is 1. The number of aryl methyl sites for hydroxylation is 1. The van der Waals surface area contributed by atoms with Crippen molar-refractivity contribution >= 4 is 27.5 Å². The molecule has 1 aliphatic carbocycles. The van der Waals surface area contributed by atoms with Crippen molar-refractivity contribution in [3.63, 3.8) is 0 Å². The standard InChI is InChI=1S/C20H27N3O2S/c1-12-21-17(19(25)23-9-6-14(24)11-23)15-10-16(26-18(15)22-12)13-4-7-20(2,3)8-5-13/h10,13-14,24H,4-9,11H2,1-3H3/t14-/m0/s1. The molecule has 2 aromatic heterocycles. The van der Waals surface area contributed by atoms with Crippen molar-refractivity contribution in [2.45, 2.75) is 64.9 Å². The van der Waals surface area contributed by atoms with Crippen LogP contribution in [-0.2, 0) is 0 Å². The molecule has 0 bridgehead atoms. The average molecular weight is 374 g/mol. The van der Waals surface area contributed by atoms with E-state index in [1.807, 2.05) is 6.92 Å². The molecule has 0 radical (unpaired) electrons. The highest BCUT2D eigenvalue weighted by Gasteiger charge is 2.31. The van der Waals surface area contributed by atoms with Gasteiger partial charge in [0.05, 0.1) is 6.10 Å². The van der Waals surface area contributed by atoms with Gasteiger partial charge < -0.3 is 10.0 Å². The second-order valence-electron chi connectivity index (χ2n) is 8.62. The Bertz CT molecular complexity index is 835. The molecule has 2 aliphatic rings. The maximum Gasteiger partial charge on any atom is 0.273 e. The molecular weight excluding hydrogens is 346 g/mol. The first-order valence-electron chi connectivity index (χ1n) is 9.58. The molecule has 2 aromatic rings. The van der Waals surface area contributed by atoms with E-state index in [2.05, 4.69) is 29.9 Å². The number of amides is 1. The summed E-state index contributed by atoms with van der Waals surface area (Å²) in [6.07, 6.45) is 5.12. The average Bonchev–Trinajstić information content (AvgIpc) is 3.19. The van der Waals surface area contributed by atoms with Crippen LogP contribution in [0.25, 0.3) is 10.2 Å². The molecule has 3 heterocycles. The fourth-order valence-electron chi connectivity index (χ4n) is 4.17. The van der Waals surface area contributed by atoms with E-state index < -0.39 is 6.10 Å². The van der Waals surface area contributed by atoms with Crippen LogP contribution in [0.3, 0.4) is 0 Å². The Balaban J connectivity index is 1.66. The van der Waals surface area contributed by atoms with Gasteiger partial charge in [-0.3, -0.25) is 4.79 Å². The molecule has 0 unspecified atom stereocenters. The van der Waals surface area contributed by atoms with Crippen LogP contribution in [0.5, 0.6) is 0 Å². The molecule has 26 heavy (non-hydrogen) atoms. The number of hydrogen-bond donors (Lipinski definition) is 1. The van der Waals surface area contributed by atoms with E-state index >= 15 is 0 Å². The fourth-order valence-corrected chi connectivity index (χ4v) is 5.42. The molecular formula is C20H27N3O2S. The van der Waals surface area contributed by atoms with Crippen molar-refractivity contribution in [1.82, 2.24) is 14.9 Å². The predicted octanol–water partition coefficient (Wildman–Crippen LogP) is 3.89. The maximum absolute atomic E-state index is 13.0. The summed E-state index contributed by atoms with van der Waals surface area (Å²) in [5, 5.41) is 10.6. The highest BCUT2D eigenvalue weighted by atomic mass is 32.1. The largest absolute Gasteiger partial charge is 0.391 e. The van der Waals surface area contributed by atoms with Gasteiger partial charge in [0.1, 0.15) is 16.3 Å².